The molecule has 2 N–H and O–H groups in total. The van der Waals surface area contributed by atoms with Crippen LogP contribution in [0.4, 0.5) is 0 Å². The van der Waals surface area contributed by atoms with Gasteiger partial charge in [0.15, 0.2) is 0 Å². The van der Waals surface area contributed by atoms with E-state index in [9.17, 15) is 4.79 Å². The molecule has 2 aromatic rings. The van der Waals surface area contributed by atoms with Crippen LogP contribution in [0, 0.1) is 12.8 Å². The predicted octanol–water partition coefficient (Wildman–Crippen LogP) is 4.22. The Labute approximate surface area is 160 Å². The monoisotopic (exact) mass is 419 g/mol. The molecule has 0 spiro atoms. The molecular weight excluding hydrogens is 398 g/mol. The number of fused-ring (bicyclic) bond motifs is 1. The molecule has 25 heavy (non-hydrogen) atoms. The van der Waals surface area contributed by atoms with Crippen LogP contribution in [0.5, 0.6) is 0 Å². The van der Waals surface area contributed by atoms with Gasteiger partial charge in [-0.3, -0.25) is 4.79 Å². The molecule has 4 nitrogen and oxygen atoms in total. The molecule has 1 saturated carbocycles. The van der Waals surface area contributed by atoms with Gasteiger partial charge in [-0.1, -0.05) is 34.5 Å². The van der Waals surface area contributed by atoms with Crippen LogP contribution in [0.15, 0.2) is 28.7 Å². The van der Waals surface area contributed by atoms with E-state index in [1.165, 1.54) is 12.8 Å². The molecule has 1 aromatic heterocycles. The molecule has 1 saturated heterocycles. The van der Waals surface area contributed by atoms with E-state index in [0.29, 0.717) is 24.2 Å². The Morgan fingerprint density at radius 3 is 2.84 bits per heavy atom. The topological polar surface area (TPSA) is 59.2 Å². The summed E-state index contributed by atoms with van der Waals surface area (Å²) in [6, 6.07) is 8.59. The average Bonchev–Trinajstić information content (AvgIpc) is 3.28. The number of benzene rings is 1. The highest BCUT2D eigenvalue weighted by molar-refractivity contribution is 9.10. The van der Waals surface area contributed by atoms with Crippen molar-refractivity contribution in [3.8, 4) is 10.4 Å². The second-order valence-electron chi connectivity index (χ2n) is 7.01. The minimum atomic E-state index is 0.0621. The summed E-state index contributed by atoms with van der Waals surface area (Å²) >= 11 is 5.06. The third-order valence-corrected chi connectivity index (χ3v) is 7.04. The van der Waals surface area contributed by atoms with Crippen LogP contribution in [0.25, 0.3) is 10.4 Å². The zero-order valence-corrected chi connectivity index (χ0v) is 16.6. The first-order valence-electron chi connectivity index (χ1n) is 8.84. The van der Waals surface area contributed by atoms with Crippen LogP contribution in [-0.2, 0) is 0 Å². The molecule has 132 valence electrons. The molecule has 2 aliphatic rings. The number of nitrogens with zero attached hydrogens (tertiary/aromatic N) is 2. The lowest BCUT2D eigenvalue weighted by Gasteiger charge is -2.29. The zero-order valence-electron chi connectivity index (χ0n) is 14.2. The van der Waals surface area contributed by atoms with Gasteiger partial charge >= 0.3 is 0 Å². The van der Waals surface area contributed by atoms with Gasteiger partial charge < -0.3 is 10.6 Å². The summed E-state index contributed by atoms with van der Waals surface area (Å²) in [4.78, 5) is 21.1. The molecule has 4 rings (SSSR count). The fraction of sp³-hybridized carbons (Fsp3) is 0.474. The van der Waals surface area contributed by atoms with E-state index in [4.69, 9.17) is 5.73 Å². The lowest BCUT2D eigenvalue weighted by Crippen LogP contribution is -2.44. The van der Waals surface area contributed by atoms with Crippen LogP contribution < -0.4 is 5.73 Å². The molecule has 0 bridgehead atoms. The number of hydrogen-bond donors (Lipinski definition) is 1. The van der Waals surface area contributed by atoms with E-state index in [1.54, 1.807) is 11.3 Å². The fourth-order valence-corrected chi connectivity index (χ4v) is 5.59. The van der Waals surface area contributed by atoms with Gasteiger partial charge in [-0.05, 0) is 49.8 Å². The standard InChI is InChI=1S/C19H22BrN3OS/c1-11-22-17(18(25-11)12-5-7-14(20)8-6-12)19(24)23-15(10-21)9-13-3-2-4-16(13)23/h5-8,13,15-16H,2-4,9-10,21H2,1H3/t13-,15-,16-/m0/s1. The summed E-state index contributed by atoms with van der Waals surface area (Å²) in [5, 5.41) is 0.924. The molecule has 6 heteroatoms. The van der Waals surface area contributed by atoms with Crippen LogP contribution >= 0.6 is 27.3 Å². The van der Waals surface area contributed by atoms with Gasteiger partial charge in [0, 0.05) is 23.1 Å². The number of amides is 1. The van der Waals surface area contributed by atoms with E-state index in [2.05, 4.69) is 25.8 Å². The first kappa shape index (κ1) is 17.2. The Morgan fingerprint density at radius 1 is 1.36 bits per heavy atom. The fourth-order valence-electron chi connectivity index (χ4n) is 4.41. The molecule has 1 aromatic carbocycles. The van der Waals surface area contributed by atoms with Crippen LogP contribution in [-0.4, -0.2) is 34.4 Å². The Kier molecular flexibility index (Phi) is 4.69. The minimum absolute atomic E-state index is 0.0621. The minimum Gasteiger partial charge on any atom is -0.330 e. The highest BCUT2D eigenvalue weighted by atomic mass is 79.9. The van der Waals surface area contributed by atoms with E-state index in [-0.39, 0.29) is 11.9 Å². The number of rotatable bonds is 3. The highest BCUT2D eigenvalue weighted by Crippen LogP contribution is 2.42. The maximum Gasteiger partial charge on any atom is 0.274 e. The largest absolute Gasteiger partial charge is 0.330 e. The van der Waals surface area contributed by atoms with Crippen molar-refractivity contribution < 1.29 is 4.79 Å². The molecule has 1 aliphatic carbocycles. The predicted molar refractivity (Wildman–Crippen MR) is 105 cm³/mol. The Morgan fingerprint density at radius 2 is 2.12 bits per heavy atom. The number of aromatic nitrogens is 1. The number of halogens is 1. The van der Waals surface area contributed by atoms with E-state index in [1.807, 2.05) is 31.2 Å². The average molecular weight is 420 g/mol. The number of nitrogens with two attached hydrogens (primary N) is 1. The van der Waals surface area contributed by atoms with Crippen LogP contribution in [0.3, 0.4) is 0 Å². The van der Waals surface area contributed by atoms with Crippen LogP contribution in [0.2, 0.25) is 0 Å². The molecule has 1 amide bonds. The molecule has 0 radical (unpaired) electrons. The normalized spacial score (nSPS) is 25.4. The second kappa shape index (κ2) is 6.82. The van der Waals surface area contributed by atoms with Gasteiger partial charge in [0.2, 0.25) is 0 Å². The van der Waals surface area contributed by atoms with E-state index >= 15 is 0 Å². The van der Waals surface area contributed by atoms with Gasteiger partial charge in [0.25, 0.3) is 5.91 Å². The van der Waals surface area contributed by atoms with Crippen molar-refractivity contribution in [3.63, 3.8) is 0 Å². The van der Waals surface area contributed by atoms with Crippen molar-refractivity contribution in [3.05, 3.63) is 39.4 Å². The molecule has 2 heterocycles. The van der Waals surface area contributed by atoms with Gasteiger partial charge in [-0.2, -0.15) is 0 Å². The number of aryl methyl sites for hydroxylation is 1. The molecule has 2 fully saturated rings. The van der Waals surface area contributed by atoms with Crippen molar-refractivity contribution in [2.75, 3.05) is 6.54 Å². The SMILES string of the molecule is Cc1nc(C(=O)N2[C@H](CN)C[C@@H]3CCC[C@@H]32)c(-c2ccc(Br)cc2)s1. The Hall–Kier alpha value is -1.24. The number of hydrogen-bond acceptors (Lipinski definition) is 4. The van der Waals surface area contributed by atoms with E-state index in [0.717, 1.165) is 32.8 Å². The lowest BCUT2D eigenvalue weighted by molar-refractivity contribution is 0.0660. The van der Waals surface area contributed by atoms with Crippen molar-refractivity contribution in [1.29, 1.82) is 0 Å². The molecule has 0 unspecified atom stereocenters. The molecule has 1 aliphatic heterocycles. The number of carbonyl (C=O) groups is 1. The van der Waals surface area contributed by atoms with Gasteiger partial charge in [-0.15, -0.1) is 11.3 Å². The summed E-state index contributed by atoms with van der Waals surface area (Å²) in [6.07, 6.45) is 4.58. The van der Waals surface area contributed by atoms with Gasteiger partial charge in [-0.25, -0.2) is 4.98 Å². The van der Waals surface area contributed by atoms with Gasteiger partial charge in [0.1, 0.15) is 5.69 Å². The maximum absolute atomic E-state index is 13.4. The Balaban J connectivity index is 1.72. The summed E-state index contributed by atoms with van der Waals surface area (Å²) in [5.41, 5.74) is 7.64. The highest BCUT2D eigenvalue weighted by Gasteiger charge is 2.46. The van der Waals surface area contributed by atoms with Crippen molar-refractivity contribution in [2.24, 2.45) is 11.7 Å². The first-order valence-corrected chi connectivity index (χ1v) is 10.5. The van der Waals surface area contributed by atoms with E-state index < -0.39 is 0 Å². The number of thiazole rings is 1. The number of likely N-dealkylation sites (tertiary alicyclic amines) is 1. The molecular formula is C19H22BrN3OS. The third kappa shape index (κ3) is 3.04. The van der Waals surface area contributed by atoms with Crippen molar-refractivity contribution >= 4 is 33.2 Å². The quantitative estimate of drug-likeness (QED) is 0.809. The maximum atomic E-state index is 13.4. The zero-order chi connectivity index (χ0) is 17.6. The van der Waals surface area contributed by atoms with Crippen molar-refractivity contribution in [1.82, 2.24) is 9.88 Å². The summed E-state index contributed by atoms with van der Waals surface area (Å²) in [5.74, 6) is 0.681. The van der Waals surface area contributed by atoms with Gasteiger partial charge in [0.05, 0.1) is 9.88 Å². The first-order chi connectivity index (χ1) is 12.1. The molecule has 3 atom stereocenters. The smallest absolute Gasteiger partial charge is 0.274 e. The summed E-state index contributed by atoms with van der Waals surface area (Å²) < 4.78 is 1.03. The number of carbonyl (C=O) groups excluding carboxylic acids is 1. The summed E-state index contributed by atoms with van der Waals surface area (Å²) in [7, 11) is 0. The summed E-state index contributed by atoms with van der Waals surface area (Å²) in [6.45, 7) is 2.50. The van der Waals surface area contributed by atoms with Crippen LogP contribution in [0.1, 0.15) is 41.2 Å². The lowest BCUT2D eigenvalue weighted by atomic mass is 10.0. The Bertz CT molecular complexity index is 788. The van der Waals surface area contributed by atoms with Crippen molar-refractivity contribution in [2.45, 2.75) is 44.7 Å². The second-order valence-corrected chi connectivity index (χ2v) is 9.13. The third-order valence-electron chi connectivity index (χ3n) is 5.49.